The normalized spacial score (nSPS) is 11.6. The number of nitrogens with one attached hydrogen (secondary N) is 2. The van der Waals surface area contributed by atoms with Gasteiger partial charge in [0, 0.05) is 27.0 Å². The van der Waals surface area contributed by atoms with Gasteiger partial charge in [-0.1, -0.05) is 41.4 Å². The molecule has 0 saturated heterocycles. The number of hydrogen-bond donors (Lipinski definition) is 2. The minimum absolute atomic E-state index is 0.0131. The second-order valence-corrected chi connectivity index (χ2v) is 12.9. The fourth-order valence-corrected chi connectivity index (χ4v) is 5.87. The summed E-state index contributed by atoms with van der Waals surface area (Å²) in [4.78, 5) is 12.8. The molecule has 0 bridgehead atoms. The number of carbonyl (C=O) groups is 1. The Kier molecular flexibility index (Phi) is 8.51. The van der Waals surface area contributed by atoms with Gasteiger partial charge in [0.2, 0.25) is 10.0 Å². The third kappa shape index (κ3) is 7.30. The molecule has 0 fully saturated rings. The van der Waals surface area contributed by atoms with Gasteiger partial charge in [-0.05, 0) is 84.4 Å². The predicted octanol–water partition coefficient (Wildman–Crippen LogP) is 6.01. The average Bonchev–Trinajstić information content (AvgIpc) is 2.89. The van der Waals surface area contributed by atoms with Crippen LogP contribution in [0.4, 0.5) is 17.1 Å². The van der Waals surface area contributed by atoms with Crippen LogP contribution in [-0.2, 0) is 26.6 Å². The van der Waals surface area contributed by atoms with Crippen molar-refractivity contribution in [2.24, 2.45) is 0 Å². The van der Waals surface area contributed by atoms with Gasteiger partial charge >= 0.3 is 0 Å². The zero-order chi connectivity index (χ0) is 28.2. The van der Waals surface area contributed by atoms with Gasteiger partial charge in [-0.25, -0.2) is 16.8 Å². The second kappa shape index (κ2) is 11.7. The molecule has 0 aliphatic carbocycles. The van der Waals surface area contributed by atoms with Crippen LogP contribution < -0.4 is 14.3 Å². The number of amides is 1. The molecule has 8 nitrogen and oxygen atoms in total. The van der Waals surface area contributed by atoms with Crippen molar-refractivity contribution in [3.05, 3.63) is 118 Å². The number of nitrogens with zero attached hydrogens (tertiary/aromatic N) is 1. The number of anilines is 3. The molecule has 0 aliphatic rings. The molecule has 4 rings (SSSR count). The van der Waals surface area contributed by atoms with Gasteiger partial charge in [-0.3, -0.25) is 13.8 Å². The number of rotatable bonds is 9. The van der Waals surface area contributed by atoms with E-state index in [0.29, 0.717) is 32.7 Å². The summed E-state index contributed by atoms with van der Waals surface area (Å²) in [7, 11) is -7.48. The van der Waals surface area contributed by atoms with E-state index in [1.54, 1.807) is 48.5 Å². The Morgan fingerprint density at radius 1 is 0.769 bits per heavy atom. The molecule has 0 radical (unpaired) electrons. The van der Waals surface area contributed by atoms with Crippen LogP contribution in [0.1, 0.15) is 15.9 Å². The molecule has 0 atom stereocenters. The van der Waals surface area contributed by atoms with Crippen molar-refractivity contribution in [2.45, 2.75) is 11.4 Å². The van der Waals surface area contributed by atoms with Crippen molar-refractivity contribution >= 4 is 66.2 Å². The first-order valence-corrected chi connectivity index (χ1v) is 15.5. The van der Waals surface area contributed by atoms with Crippen molar-refractivity contribution in [1.82, 2.24) is 0 Å². The van der Waals surface area contributed by atoms with Crippen LogP contribution in [0.15, 0.2) is 102 Å². The molecule has 1 amide bonds. The van der Waals surface area contributed by atoms with E-state index >= 15 is 0 Å². The molecule has 0 spiro atoms. The lowest BCUT2D eigenvalue weighted by Crippen LogP contribution is -2.29. The summed E-state index contributed by atoms with van der Waals surface area (Å²) in [5.41, 5.74) is 2.04. The van der Waals surface area contributed by atoms with Crippen LogP contribution in [0.2, 0.25) is 10.0 Å². The largest absolute Gasteiger partial charge is 0.322 e. The summed E-state index contributed by atoms with van der Waals surface area (Å²) < 4.78 is 53.9. The Labute approximate surface area is 237 Å². The Morgan fingerprint density at radius 3 is 1.95 bits per heavy atom. The number of sulfonamides is 2. The maximum absolute atomic E-state index is 12.8. The van der Waals surface area contributed by atoms with Crippen molar-refractivity contribution in [3.8, 4) is 0 Å². The molecule has 12 heteroatoms. The summed E-state index contributed by atoms with van der Waals surface area (Å²) in [5.74, 6) is -0.451. The van der Waals surface area contributed by atoms with E-state index in [1.165, 1.54) is 52.8 Å². The van der Waals surface area contributed by atoms with Gasteiger partial charge in [0.1, 0.15) is 0 Å². The lowest BCUT2D eigenvalue weighted by atomic mass is 10.1. The standard InChI is InChI=1S/C27H23Cl2N3O5S2/c1-38(34,35)32(18-20-4-2-3-5-26(20)29)24-14-6-19(7-15-24)27(33)30-22-12-16-25(17-13-22)39(36,37)31-23-10-8-21(28)9-11-23/h2-17,31H,18H2,1H3,(H,30,33). The van der Waals surface area contributed by atoms with E-state index in [2.05, 4.69) is 10.0 Å². The van der Waals surface area contributed by atoms with Crippen molar-refractivity contribution in [1.29, 1.82) is 0 Å². The van der Waals surface area contributed by atoms with Crippen LogP contribution in [0, 0.1) is 0 Å². The minimum Gasteiger partial charge on any atom is -0.322 e. The van der Waals surface area contributed by atoms with E-state index in [9.17, 15) is 21.6 Å². The van der Waals surface area contributed by atoms with Gasteiger partial charge < -0.3 is 5.32 Å². The fraction of sp³-hybridized carbons (Fsp3) is 0.0741. The molecule has 202 valence electrons. The van der Waals surface area contributed by atoms with Gasteiger partial charge in [0.05, 0.1) is 23.4 Å². The summed E-state index contributed by atoms with van der Waals surface area (Å²) in [6.07, 6.45) is 1.10. The van der Waals surface area contributed by atoms with Gasteiger partial charge in [0.15, 0.2) is 0 Å². The maximum Gasteiger partial charge on any atom is 0.261 e. The van der Waals surface area contributed by atoms with E-state index in [-0.39, 0.29) is 17.0 Å². The summed E-state index contributed by atoms with van der Waals surface area (Å²) >= 11 is 12.0. The maximum atomic E-state index is 12.8. The highest BCUT2D eigenvalue weighted by Gasteiger charge is 2.20. The monoisotopic (exact) mass is 603 g/mol. The van der Waals surface area contributed by atoms with Crippen LogP contribution in [0.5, 0.6) is 0 Å². The number of halogens is 2. The molecule has 0 heterocycles. The van der Waals surface area contributed by atoms with E-state index < -0.39 is 26.0 Å². The first kappa shape index (κ1) is 28.4. The highest BCUT2D eigenvalue weighted by Crippen LogP contribution is 2.25. The predicted molar refractivity (Wildman–Crippen MR) is 156 cm³/mol. The van der Waals surface area contributed by atoms with Crippen molar-refractivity contribution in [3.63, 3.8) is 0 Å². The highest BCUT2D eigenvalue weighted by molar-refractivity contribution is 7.92. The molecule has 4 aromatic rings. The first-order valence-electron chi connectivity index (χ1n) is 11.4. The Bertz CT molecular complexity index is 1690. The third-order valence-electron chi connectivity index (χ3n) is 5.61. The Hall–Kier alpha value is -3.57. The molecule has 0 aliphatic heterocycles. The molecule has 0 saturated carbocycles. The second-order valence-electron chi connectivity index (χ2n) is 8.50. The Morgan fingerprint density at radius 2 is 1.36 bits per heavy atom. The van der Waals surface area contributed by atoms with E-state index in [1.807, 2.05) is 0 Å². The molecule has 2 N–H and O–H groups in total. The molecular formula is C27H23Cl2N3O5S2. The average molecular weight is 605 g/mol. The van der Waals surface area contributed by atoms with Crippen LogP contribution in [-0.4, -0.2) is 29.0 Å². The van der Waals surface area contributed by atoms with Crippen LogP contribution >= 0.6 is 23.2 Å². The number of carbonyl (C=O) groups excluding carboxylic acids is 1. The number of hydrogen-bond acceptors (Lipinski definition) is 5. The molecular weight excluding hydrogens is 581 g/mol. The highest BCUT2D eigenvalue weighted by atomic mass is 35.5. The SMILES string of the molecule is CS(=O)(=O)N(Cc1ccccc1Cl)c1ccc(C(=O)Nc2ccc(S(=O)(=O)Nc3ccc(Cl)cc3)cc2)cc1. The van der Waals surface area contributed by atoms with Crippen LogP contribution in [0.25, 0.3) is 0 Å². The van der Waals surface area contributed by atoms with Crippen LogP contribution in [0.3, 0.4) is 0 Å². The quantitative estimate of drug-likeness (QED) is 0.243. The van der Waals surface area contributed by atoms with Crippen molar-refractivity contribution < 1.29 is 21.6 Å². The lowest BCUT2D eigenvalue weighted by molar-refractivity contribution is 0.102. The number of benzene rings is 4. The molecule has 4 aromatic carbocycles. The lowest BCUT2D eigenvalue weighted by Gasteiger charge is -2.23. The van der Waals surface area contributed by atoms with Crippen molar-refractivity contribution in [2.75, 3.05) is 20.6 Å². The molecule has 0 aromatic heterocycles. The van der Waals surface area contributed by atoms with Gasteiger partial charge in [-0.2, -0.15) is 0 Å². The zero-order valence-corrected chi connectivity index (χ0v) is 23.7. The first-order chi connectivity index (χ1) is 18.4. The van der Waals surface area contributed by atoms with Gasteiger partial charge in [-0.15, -0.1) is 0 Å². The Balaban J connectivity index is 1.45. The summed E-state index contributed by atoms with van der Waals surface area (Å²) in [5, 5.41) is 3.63. The zero-order valence-electron chi connectivity index (χ0n) is 20.5. The van der Waals surface area contributed by atoms with E-state index in [0.717, 1.165) is 6.26 Å². The summed E-state index contributed by atoms with van der Waals surface area (Å²) in [6, 6.07) is 24.9. The summed E-state index contributed by atoms with van der Waals surface area (Å²) in [6.45, 7) is 0.0339. The van der Waals surface area contributed by atoms with Gasteiger partial charge in [0.25, 0.3) is 15.9 Å². The molecule has 39 heavy (non-hydrogen) atoms. The smallest absolute Gasteiger partial charge is 0.261 e. The third-order valence-corrected chi connectivity index (χ3v) is 8.77. The van der Waals surface area contributed by atoms with E-state index in [4.69, 9.17) is 23.2 Å². The molecule has 0 unspecified atom stereocenters. The topological polar surface area (TPSA) is 113 Å². The fourth-order valence-electron chi connectivity index (χ4n) is 3.61. The minimum atomic E-state index is -3.84.